The van der Waals surface area contributed by atoms with Crippen molar-refractivity contribution in [1.29, 1.82) is 0 Å². The van der Waals surface area contributed by atoms with Gasteiger partial charge < -0.3 is 9.22 Å². The van der Waals surface area contributed by atoms with Gasteiger partial charge in [-0.2, -0.15) is 0 Å². The highest BCUT2D eigenvalue weighted by Crippen LogP contribution is 2.30. The van der Waals surface area contributed by atoms with E-state index in [4.69, 9.17) is 4.43 Å². The number of unbranched alkanes of at least 4 members (excludes halogenated alkanes) is 4. The Kier molecular flexibility index (Phi) is 12.9. The standard InChI is InChI=1S/C18H42O2Si2/c1-6-9-16-22(17-10-7-2,18-11-8-3)20-14-12-13-15-21(4,5)19/h19H,6-18H2,1-5H3. The summed E-state index contributed by atoms with van der Waals surface area (Å²) in [6, 6.07) is 5.11. The van der Waals surface area contributed by atoms with E-state index in [1.165, 1.54) is 56.7 Å². The molecule has 0 aliphatic heterocycles. The minimum Gasteiger partial charge on any atom is -0.432 e. The molecule has 0 amide bonds. The molecule has 0 bridgehead atoms. The first-order chi connectivity index (χ1) is 10.4. The Hall–Kier alpha value is 0.354. The molecule has 0 heterocycles. The Morgan fingerprint density at radius 1 is 0.682 bits per heavy atom. The van der Waals surface area contributed by atoms with Crippen LogP contribution in [-0.4, -0.2) is 28.0 Å². The smallest absolute Gasteiger partial charge is 0.192 e. The highest BCUT2D eigenvalue weighted by molar-refractivity contribution is 6.73. The molecule has 0 aliphatic rings. The van der Waals surface area contributed by atoms with Crippen LogP contribution < -0.4 is 0 Å². The van der Waals surface area contributed by atoms with Crippen LogP contribution in [-0.2, 0) is 4.43 Å². The van der Waals surface area contributed by atoms with Gasteiger partial charge in [-0.25, -0.2) is 0 Å². The molecule has 2 nitrogen and oxygen atoms in total. The molecule has 0 radical (unpaired) electrons. The van der Waals surface area contributed by atoms with E-state index in [2.05, 4.69) is 20.8 Å². The summed E-state index contributed by atoms with van der Waals surface area (Å²) in [6.07, 6.45) is 10.2. The van der Waals surface area contributed by atoms with Gasteiger partial charge in [-0.1, -0.05) is 65.7 Å². The Morgan fingerprint density at radius 2 is 1.14 bits per heavy atom. The van der Waals surface area contributed by atoms with Crippen LogP contribution in [0.25, 0.3) is 0 Å². The van der Waals surface area contributed by atoms with E-state index >= 15 is 0 Å². The molecule has 0 aliphatic carbocycles. The predicted octanol–water partition coefficient (Wildman–Crippen LogP) is 6.33. The van der Waals surface area contributed by atoms with Crippen molar-refractivity contribution in [1.82, 2.24) is 0 Å². The SMILES string of the molecule is CCCC[Si](CCCC)(CCCC)OCCCC[Si](C)(C)O. The van der Waals surface area contributed by atoms with E-state index < -0.39 is 16.6 Å². The summed E-state index contributed by atoms with van der Waals surface area (Å²) in [5.41, 5.74) is 0. The molecule has 0 saturated carbocycles. The Labute approximate surface area is 142 Å². The molecule has 0 aromatic heterocycles. The molecule has 1 N–H and O–H groups in total. The molecule has 0 aromatic rings. The second-order valence-corrected chi connectivity index (χ2v) is 15.9. The zero-order chi connectivity index (χ0) is 16.9. The van der Waals surface area contributed by atoms with Crippen LogP contribution >= 0.6 is 0 Å². The fraction of sp³-hybridized carbons (Fsp3) is 1.00. The lowest BCUT2D eigenvalue weighted by molar-refractivity contribution is 0.285. The quantitative estimate of drug-likeness (QED) is 0.277. The molecule has 0 atom stereocenters. The van der Waals surface area contributed by atoms with Crippen molar-refractivity contribution in [2.24, 2.45) is 0 Å². The van der Waals surface area contributed by atoms with Crippen molar-refractivity contribution in [2.75, 3.05) is 6.61 Å². The summed E-state index contributed by atoms with van der Waals surface area (Å²) >= 11 is 0. The minimum atomic E-state index is -1.86. The van der Waals surface area contributed by atoms with Gasteiger partial charge in [0.25, 0.3) is 0 Å². The molecule has 0 aromatic carbocycles. The Morgan fingerprint density at radius 3 is 1.50 bits per heavy atom. The highest BCUT2D eigenvalue weighted by atomic mass is 28.4. The van der Waals surface area contributed by atoms with Crippen LogP contribution in [0.5, 0.6) is 0 Å². The van der Waals surface area contributed by atoms with Gasteiger partial charge in [0.15, 0.2) is 16.6 Å². The van der Waals surface area contributed by atoms with Crippen molar-refractivity contribution in [3.8, 4) is 0 Å². The van der Waals surface area contributed by atoms with Crippen LogP contribution in [0.15, 0.2) is 0 Å². The van der Waals surface area contributed by atoms with Crippen LogP contribution in [0.2, 0.25) is 37.3 Å². The van der Waals surface area contributed by atoms with Crippen molar-refractivity contribution in [2.45, 2.75) is 109 Å². The summed E-state index contributed by atoms with van der Waals surface area (Å²) in [5.74, 6) is 0. The zero-order valence-electron chi connectivity index (χ0n) is 16.0. The maximum atomic E-state index is 9.93. The first kappa shape index (κ1) is 22.4. The van der Waals surface area contributed by atoms with Crippen LogP contribution in [0, 0.1) is 0 Å². The number of hydrogen-bond donors (Lipinski definition) is 1. The van der Waals surface area contributed by atoms with Crippen molar-refractivity contribution >= 4 is 16.6 Å². The van der Waals surface area contributed by atoms with Crippen LogP contribution in [0.3, 0.4) is 0 Å². The third-order valence-electron chi connectivity index (χ3n) is 4.55. The van der Waals surface area contributed by atoms with Gasteiger partial charge >= 0.3 is 0 Å². The predicted molar refractivity (Wildman–Crippen MR) is 105 cm³/mol. The van der Waals surface area contributed by atoms with E-state index in [-0.39, 0.29) is 0 Å². The van der Waals surface area contributed by atoms with Gasteiger partial charge in [0.2, 0.25) is 0 Å². The normalized spacial score (nSPS) is 12.8. The molecule has 134 valence electrons. The summed E-state index contributed by atoms with van der Waals surface area (Å²) in [5, 5.41) is 0. The van der Waals surface area contributed by atoms with Crippen molar-refractivity contribution in [3.63, 3.8) is 0 Å². The average Bonchev–Trinajstić information content (AvgIpc) is 2.46. The number of hydrogen-bond acceptors (Lipinski definition) is 2. The van der Waals surface area contributed by atoms with Gasteiger partial charge in [-0.3, -0.25) is 0 Å². The van der Waals surface area contributed by atoms with Gasteiger partial charge in [-0.15, -0.1) is 0 Å². The summed E-state index contributed by atoms with van der Waals surface area (Å²) in [7, 11) is -3.37. The largest absolute Gasteiger partial charge is 0.432 e. The fourth-order valence-corrected chi connectivity index (χ4v) is 8.91. The fourth-order valence-electron chi connectivity index (χ4n) is 3.04. The lowest BCUT2D eigenvalue weighted by Gasteiger charge is -2.32. The van der Waals surface area contributed by atoms with Gasteiger partial charge in [0.1, 0.15) is 0 Å². The maximum absolute atomic E-state index is 9.93. The summed E-state index contributed by atoms with van der Waals surface area (Å²) < 4.78 is 6.62. The summed E-state index contributed by atoms with van der Waals surface area (Å²) in [4.78, 5) is 9.93. The van der Waals surface area contributed by atoms with Crippen LogP contribution in [0.4, 0.5) is 0 Å². The zero-order valence-corrected chi connectivity index (χ0v) is 18.0. The first-order valence-corrected chi connectivity index (χ1v) is 15.4. The average molecular weight is 347 g/mol. The van der Waals surface area contributed by atoms with Gasteiger partial charge in [-0.05, 0) is 43.7 Å². The topological polar surface area (TPSA) is 29.5 Å². The third-order valence-corrected chi connectivity index (χ3v) is 10.7. The molecular weight excluding hydrogens is 304 g/mol. The number of rotatable bonds is 15. The molecule has 0 spiro atoms. The second kappa shape index (κ2) is 12.7. The van der Waals surface area contributed by atoms with E-state index in [0.717, 1.165) is 25.5 Å². The van der Waals surface area contributed by atoms with Gasteiger partial charge in [0, 0.05) is 6.61 Å². The van der Waals surface area contributed by atoms with E-state index in [1.807, 2.05) is 13.1 Å². The third kappa shape index (κ3) is 11.9. The van der Waals surface area contributed by atoms with Crippen LogP contribution in [0.1, 0.15) is 72.1 Å². The van der Waals surface area contributed by atoms with Gasteiger partial charge in [0.05, 0.1) is 0 Å². The van der Waals surface area contributed by atoms with E-state index in [1.54, 1.807) is 0 Å². The molecule has 4 heteroatoms. The highest BCUT2D eigenvalue weighted by Gasteiger charge is 2.32. The molecule has 0 unspecified atom stereocenters. The second-order valence-electron chi connectivity index (χ2n) is 7.61. The van der Waals surface area contributed by atoms with E-state index in [0.29, 0.717) is 0 Å². The maximum Gasteiger partial charge on any atom is 0.192 e. The molecule has 0 fully saturated rings. The Balaban J connectivity index is 4.38. The first-order valence-electron chi connectivity index (χ1n) is 9.75. The molecule has 0 rings (SSSR count). The van der Waals surface area contributed by atoms with Crippen molar-refractivity contribution < 1.29 is 9.22 Å². The minimum absolute atomic E-state index is 0.938. The lowest BCUT2D eigenvalue weighted by atomic mass is 10.4. The monoisotopic (exact) mass is 346 g/mol. The van der Waals surface area contributed by atoms with E-state index in [9.17, 15) is 4.80 Å². The lowest BCUT2D eigenvalue weighted by Crippen LogP contribution is -2.38. The molecular formula is C18H42O2Si2. The van der Waals surface area contributed by atoms with Crippen molar-refractivity contribution in [3.05, 3.63) is 0 Å². The molecule has 0 saturated heterocycles. The summed E-state index contributed by atoms with van der Waals surface area (Å²) in [6.45, 7) is 11.9. The Bertz CT molecular complexity index is 230. The molecule has 22 heavy (non-hydrogen) atoms.